The van der Waals surface area contributed by atoms with E-state index in [4.69, 9.17) is 5.11 Å². The Morgan fingerprint density at radius 1 is 1.18 bits per heavy atom. The van der Waals surface area contributed by atoms with Gasteiger partial charge in [-0.15, -0.1) is 0 Å². The topological polar surface area (TPSA) is 112 Å². The summed E-state index contributed by atoms with van der Waals surface area (Å²) >= 11 is 0. The standard InChI is InChI=1S/C25H32N6O3/c1-3-11-27-23-20-6-5-19(15-21(20)28-25(26-2)29-23)31-12-8-17(16-31)4-7-22(32)30-13-9-18(10-14-30)24(33)34/h5-6,8,12,15-16,18H,3-4,7,9-11,13-14H2,1-2H3,(H,33,34)(H2,26,27,28,29). The van der Waals surface area contributed by atoms with Crippen molar-refractivity contribution >= 4 is 34.5 Å². The second kappa shape index (κ2) is 10.5. The van der Waals surface area contributed by atoms with Gasteiger partial charge in [0.05, 0.1) is 11.4 Å². The van der Waals surface area contributed by atoms with Gasteiger partial charge in [-0.2, -0.15) is 4.98 Å². The number of carbonyl (C=O) groups is 2. The van der Waals surface area contributed by atoms with Gasteiger partial charge in [0.2, 0.25) is 11.9 Å². The van der Waals surface area contributed by atoms with Crippen molar-refractivity contribution in [3.63, 3.8) is 0 Å². The molecule has 2 aromatic heterocycles. The van der Waals surface area contributed by atoms with E-state index in [9.17, 15) is 9.59 Å². The number of carboxylic acids is 1. The number of amides is 1. The molecule has 1 saturated heterocycles. The quantitative estimate of drug-likeness (QED) is 0.444. The summed E-state index contributed by atoms with van der Waals surface area (Å²) in [4.78, 5) is 34.7. The first-order chi connectivity index (χ1) is 16.5. The normalized spacial score (nSPS) is 14.4. The number of piperidine rings is 1. The highest BCUT2D eigenvalue weighted by molar-refractivity contribution is 5.91. The third-order valence-electron chi connectivity index (χ3n) is 6.32. The van der Waals surface area contributed by atoms with Crippen LogP contribution < -0.4 is 10.6 Å². The van der Waals surface area contributed by atoms with Crippen LogP contribution in [0, 0.1) is 5.92 Å². The molecule has 0 saturated carbocycles. The molecule has 3 N–H and O–H groups in total. The van der Waals surface area contributed by atoms with E-state index in [1.54, 1.807) is 4.90 Å². The van der Waals surface area contributed by atoms with E-state index >= 15 is 0 Å². The molecule has 3 heterocycles. The molecule has 4 rings (SSSR count). The minimum absolute atomic E-state index is 0.0886. The van der Waals surface area contributed by atoms with Crippen LogP contribution in [-0.4, -0.2) is 63.1 Å². The summed E-state index contributed by atoms with van der Waals surface area (Å²) < 4.78 is 2.04. The molecule has 0 unspecified atom stereocenters. The molecule has 1 aromatic carbocycles. The monoisotopic (exact) mass is 464 g/mol. The minimum atomic E-state index is -0.760. The molecule has 0 atom stereocenters. The van der Waals surface area contributed by atoms with Gasteiger partial charge in [0.1, 0.15) is 5.82 Å². The summed E-state index contributed by atoms with van der Waals surface area (Å²) in [6, 6.07) is 8.15. The van der Waals surface area contributed by atoms with Crippen LogP contribution >= 0.6 is 0 Å². The Morgan fingerprint density at radius 3 is 2.68 bits per heavy atom. The van der Waals surface area contributed by atoms with Gasteiger partial charge in [-0.3, -0.25) is 9.59 Å². The summed E-state index contributed by atoms with van der Waals surface area (Å²) in [5.41, 5.74) is 2.92. The number of likely N-dealkylation sites (tertiary alicyclic amines) is 1. The summed E-state index contributed by atoms with van der Waals surface area (Å²) in [7, 11) is 1.81. The fourth-order valence-electron chi connectivity index (χ4n) is 4.30. The molecule has 0 aliphatic carbocycles. The first kappa shape index (κ1) is 23.5. The number of aryl methyl sites for hydroxylation is 1. The molecule has 0 bridgehead atoms. The van der Waals surface area contributed by atoms with E-state index in [0.717, 1.165) is 40.9 Å². The molecule has 180 valence electrons. The lowest BCUT2D eigenvalue weighted by Crippen LogP contribution is -2.40. The van der Waals surface area contributed by atoms with Crippen molar-refractivity contribution in [2.75, 3.05) is 37.3 Å². The molecule has 1 aliphatic rings. The maximum Gasteiger partial charge on any atom is 0.306 e. The SMILES string of the molecule is CCCNc1nc(NC)nc2cc(-n3ccc(CCC(=O)N4CCC(C(=O)O)CC4)c3)ccc12. The Morgan fingerprint density at radius 2 is 1.97 bits per heavy atom. The Kier molecular flexibility index (Phi) is 7.30. The Bertz CT molecular complexity index is 1170. The molecule has 1 amide bonds. The Balaban J connectivity index is 1.42. The first-order valence-electron chi connectivity index (χ1n) is 11.9. The maximum absolute atomic E-state index is 12.6. The summed E-state index contributed by atoms with van der Waals surface area (Å²) in [6.45, 7) is 4.01. The van der Waals surface area contributed by atoms with Gasteiger partial charge in [-0.25, -0.2) is 4.98 Å². The van der Waals surface area contributed by atoms with Gasteiger partial charge in [-0.05, 0) is 55.5 Å². The number of nitrogens with zero attached hydrogens (tertiary/aromatic N) is 4. The number of carbonyl (C=O) groups excluding carboxylic acids is 1. The number of hydrogen-bond donors (Lipinski definition) is 3. The third-order valence-corrected chi connectivity index (χ3v) is 6.32. The number of rotatable bonds is 9. The van der Waals surface area contributed by atoms with Crippen LogP contribution in [0.25, 0.3) is 16.6 Å². The van der Waals surface area contributed by atoms with Gasteiger partial charge in [0, 0.05) is 56.6 Å². The van der Waals surface area contributed by atoms with E-state index in [2.05, 4.69) is 27.5 Å². The second-order valence-corrected chi connectivity index (χ2v) is 8.69. The Labute approximate surface area is 199 Å². The maximum atomic E-state index is 12.6. The van der Waals surface area contributed by atoms with Crippen molar-refractivity contribution in [3.8, 4) is 5.69 Å². The molecule has 3 aromatic rings. The van der Waals surface area contributed by atoms with Crippen LogP contribution in [0.15, 0.2) is 36.7 Å². The fraction of sp³-hybridized carbons (Fsp3) is 0.440. The average molecular weight is 465 g/mol. The van der Waals surface area contributed by atoms with Crippen LogP contribution in [0.3, 0.4) is 0 Å². The van der Waals surface area contributed by atoms with Crippen LogP contribution in [0.4, 0.5) is 11.8 Å². The van der Waals surface area contributed by atoms with E-state index in [-0.39, 0.29) is 11.8 Å². The number of hydrogen-bond acceptors (Lipinski definition) is 6. The molecule has 34 heavy (non-hydrogen) atoms. The Hall–Kier alpha value is -3.62. The zero-order valence-electron chi connectivity index (χ0n) is 19.8. The van der Waals surface area contributed by atoms with Crippen molar-refractivity contribution < 1.29 is 14.7 Å². The lowest BCUT2D eigenvalue weighted by atomic mass is 9.97. The van der Waals surface area contributed by atoms with Crippen LogP contribution in [0.5, 0.6) is 0 Å². The molecule has 0 radical (unpaired) electrons. The molecule has 0 spiro atoms. The van der Waals surface area contributed by atoms with Crippen molar-refractivity contribution in [3.05, 3.63) is 42.2 Å². The summed E-state index contributed by atoms with van der Waals surface area (Å²) in [6.07, 6.45) is 7.19. The van der Waals surface area contributed by atoms with Crippen molar-refractivity contribution in [1.29, 1.82) is 0 Å². The molecular weight excluding hydrogens is 432 g/mol. The number of benzene rings is 1. The largest absolute Gasteiger partial charge is 0.481 e. The number of fused-ring (bicyclic) bond motifs is 1. The van der Waals surface area contributed by atoms with Crippen molar-refractivity contribution in [1.82, 2.24) is 19.4 Å². The number of aromatic nitrogens is 3. The number of anilines is 2. The van der Waals surface area contributed by atoms with Crippen LogP contribution in [0.2, 0.25) is 0 Å². The lowest BCUT2D eigenvalue weighted by molar-refractivity contribution is -0.145. The zero-order chi connectivity index (χ0) is 24.1. The van der Waals surface area contributed by atoms with E-state index in [1.165, 1.54) is 0 Å². The molecule has 1 fully saturated rings. The van der Waals surface area contributed by atoms with Gasteiger partial charge in [-0.1, -0.05) is 6.92 Å². The number of nitrogens with one attached hydrogen (secondary N) is 2. The molecule has 9 nitrogen and oxygen atoms in total. The van der Waals surface area contributed by atoms with E-state index < -0.39 is 5.97 Å². The molecular formula is C25H32N6O3. The van der Waals surface area contributed by atoms with Crippen molar-refractivity contribution in [2.24, 2.45) is 5.92 Å². The van der Waals surface area contributed by atoms with Gasteiger partial charge in [0.15, 0.2) is 0 Å². The second-order valence-electron chi connectivity index (χ2n) is 8.69. The average Bonchev–Trinajstić information content (AvgIpc) is 3.34. The van der Waals surface area contributed by atoms with Crippen molar-refractivity contribution in [2.45, 2.75) is 39.0 Å². The highest BCUT2D eigenvalue weighted by Gasteiger charge is 2.26. The third kappa shape index (κ3) is 5.30. The fourth-order valence-corrected chi connectivity index (χ4v) is 4.30. The first-order valence-corrected chi connectivity index (χ1v) is 11.9. The smallest absolute Gasteiger partial charge is 0.306 e. The number of carboxylic acid groups (broad SMARTS) is 1. The van der Waals surface area contributed by atoms with Gasteiger partial charge < -0.3 is 25.2 Å². The van der Waals surface area contributed by atoms with E-state index in [1.807, 2.05) is 48.3 Å². The van der Waals surface area contributed by atoms with Crippen LogP contribution in [-0.2, 0) is 16.0 Å². The lowest BCUT2D eigenvalue weighted by Gasteiger charge is -2.30. The predicted molar refractivity (Wildman–Crippen MR) is 132 cm³/mol. The number of aliphatic carboxylic acids is 1. The van der Waals surface area contributed by atoms with Gasteiger partial charge >= 0.3 is 5.97 Å². The predicted octanol–water partition coefficient (Wildman–Crippen LogP) is 3.54. The van der Waals surface area contributed by atoms with Crippen LogP contribution in [0.1, 0.15) is 38.2 Å². The summed E-state index contributed by atoms with van der Waals surface area (Å²) in [5, 5.41) is 16.5. The van der Waals surface area contributed by atoms with Gasteiger partial charge in [0.25, 0.3) is 0 Å². The highest BCUT2D eigenvalue weighted by atomic mass is 16.4. The van der Waals surface area contributed by atoms with E-state index in [0.29, 0.717) is 44.7 Å². The highest BCUT2D eigenvalue weighted by Crippen LogP contribution is 2.25. The molecule has 9 heteroatoms. The minimum Gasteiger partial charge on any atom is -0.481 e. The molecule has 1 aliphatic heterocycles. The summed E-state index contributed by atoms with van der Waals surface area (Å²) in [5.74, 6) is 0.395. The zero-order valence-corrected chi connectivity index (χ0v) is 19.8.